The molecule has 1 aliphatic rings. The Balaban J connectivity index is 1.60. The van der Waals surface area contributed by atoms with Crippen LogP contribution >= 0.6 is 0 Å². The van der Waals surface area contributed by atoms with Gasteiger partial charge >= 0.3 is 6.18 Å². The summed E-state index contributed by atoms with van der Waals surface area (Å²) >= 11 is 0. The van der Waals surface area contributed by atoms with Gasteiger partial charge < -0.3 is 10.1 Å². The average molecular weight is 433 g/mol. The third-order valence-corrected chi connectivity index (χ3v) is 5.55. The summed E-state index contributed by atoms with van der Waals surface area (Å²) in [5.41, 5.74) is -0.783. The second-order valence-electron chi connectivity index (χ2n) is 7.84. The number of carbonyl (C=O) groups excluding carboxylic acids is 1. The summed E-state index contributed by atoms with van der Waals surface area (Å²) in [5.74, 6) is 0.0419. The Hall–Kier alpha value is -3.17. The van der Waals surface area contributed by atoms with Crippen molar-refractivity contribution in [3.05, 3.63) is 41.9 Å². The molecule has 7 nitrogen and oxygen atoms in total. The van der Waals surface area contributed by atoms with E-state index in [0.29, 0.717) is 23.0 Å². The number of amides is 1. The highest BCUT2D eigenvalue weighted by Gasteiger charge is 2.33. The van der Waals surface area contributed by atoms with E-state index < -0.39 is 17.8 Å². The van der Waals surface area contributed by atoms with Crippen molar-refractivity contribution >= 4 is 22.6 Å². The average Bonchev–Trinajstić information content (AvgIpc) is 3.16. The van der Waals surface area contributed by atoms with E-state index in [1.54, 1.807) is 6.07 Å². The van der Waals surface area contributed by atoms with Gasteiger partial charge in [0.05, 0.1) is 13.2 Å². The van der Waals surface area contributed by atoms with E-state index in [-0.39, 0.29) is 17.3 Å². The van der Waals surface area contributed by atoms with E-state index in [4.69, 9.17) is 4.74 Å². The van der Waals surface area contributed by atoms with Crippen LogP contribution in [0.5, 0.6) is 5.88 Å². The molecule has 0 atom stereocenters. The first-order valence-electron chi connectivity index (χ1n) is 10.0. The van der Waals surface area contributed by atoms with Crippen LogP contribution in [0.1, 0.15) is 54.8 Å². The van der Waals surface area contributed by atoms with Crippen molar-refractivity contribution in [2.24, 2.45) is 5.92 Å². The highest BCUT2D eigenvalue weighted by atomic mass is 19.4. The molecule has 0 unspecified atom stereocenters. The number of pyridine rings is 2. The fourth-order valence-electron chi connectivity index (χ4n) is 3.80. The van der Waals surface area contributed by atoms with Gasteiger partial charge in [0, 0.05) is 11.6 Å². The molecule has 0 aliphatic heterocycles. The molecule has 1 N–H and O–H groups in total. The Kier molecular flexibility index (Phi) is 5.55. The minimum Gasteiger partial charge on any atom is -0.479 e. The van der Waals surface area contributed by atoms with E-state index in [0.717, 1.165) is 37.8 Å². The highest BCUT2D eigenvalue weighted by Crippen LogP contribution is 2.33. The van der Waals surface area contributed by atoms with Crippen LogP contribution in [0.4, 0.5) is 18.9 Å². The molecule has 3 aromatic rings. The molecule has 0 spiro atoms. The molecule has 1 amide bonds. The predicted molar refractivity (Wildman–Crippen MR) is 108 cm³/mol. The van der Waals surface area contributed by atoms with Crippen LogP contribution in [0.2, 0.25) is 0 Å². The Bertz CT molecular complexity index is 1100. The molecular weight excluding hydrogens is 411 g/mol. The fourth-order valence-corrected chi connectivity index (χ4v) is 3.80. The molecule has 31 heavy (non-hydrogen) atoms. The van der Waals surface area contributed by atoms with Gasteiger partial charge in [0.2, 0.25) is 5.88 Å². The summed E-state index contributed by atoms with van der Waals surface area (Å²) in [5, 5.41) is 7.81. The van der Waals surface area contributed by atoms with Crippen molar-refractivity contribution in [3.8, 4) is 5.88 Å². The van der Waals surface area contributed by atoms with E-state index >= 15 is 0 Å². The number of nitrogens with zero attached hydrogens (tertiary/aromatic N) is 4. The molecular formula is C21H22F3N5O2. The predicted octanol–water partition coefficient (Wildman–Crippen LogP) is 4.86. The van der Waals surface area contributed by atoms with Crippen molar-refractivity contribution in [1.29, 1.82) is 0 Å². The zero-order valence-corrected chi connectivity index (χ0v) is 17.1. The van der Waals surface area contributed by atoms with Crippen LogP contribution in [0.25, 0.3) is 11.0 Å². The summed E-state index contributed by atoms with van der Waals surface area (Å²) < 4.78 is 45.9. The quantitative estimate of drug-likeness (QED) is 0.636. The first-order chi connectivity index (χ1) is 14.7. The van der Waals surface area contributed by atoms with E-state index in [9.17, 15) is 18.0 Å². The van der Waals surface area contributed by atoms with Crippen LogP contribution < -0.4 is 10.1 Å². The largest absolute Gasteiger partial charge is 0.479 e. The third-order valence-electron chi connectivity index (χ3n) is 5.55. The number of fused-ring (bicyclic) bond motifs is 1. The van der Waals surface area contributed by atoms with Crippen LogP contribution in [0.15, 0.2) is 30.5 Å². The Labute approximate surface area is 176 Å². The summed E-state index contributed by atoms with van der Waals surface area (Å²) in [6, 6.07) is 5.11. The number of alkyl halides is 3. The van der Waals surface area contributed by atoms with Gasteiger partial charge in [-0.3, -0.25) is 9.48 Å². The van der Waals surface area contributed by atoms with Gasteiger partial charge in [-0.05, 0) is 49.8 Å². The van der Waals surface area contributed by atoms with Gasteiger partial charge in [-0.15, -0.1) is 0 Å². The zero-order chi connectivity index (χ0) is 22.2. The molecule has 1 aliphatic carbocycles. The van der Waals surface area contributed by atoms with E-state index in [1.807, 2.05) is 10.9 Å². The van der Waals surface area contributed by atoms with E-state index in [2.05, 4.69) is 27.3 Å². The summed E-state index contributed by atoms with van der Waals surface area (Å²) in [7, 11) is 1.39. The van der Waals surface area contributed by atoms with Gasteiger partial charge in [-0.25, -0.2) is 4.98 Å². The number of hydrogen-bond acceptors (Lipinski definition) is 5. The summed E-state index contributed by atoms with van der Waals surface area (Å²) in [6.45, 7) is 2.25. The van der Waals surface area contributed by atoms with Gasteiger partial charge in [0.25, 0.3) is 5.91 Å². The first kappa shape index (κ1) is 21.1. The lowest BCUT2D eigenvalue weighted by Gasteiger charge is -2.26. The van der Waals surface area contributed by atoms with E-state index in [1.165, 1.54) is 13.2 Å². The smallest absolute Gasteiger partial charge is 0.433 e. The number of carbonyl (C=O) groups is 1. The highest BCUT2D eigenvalue weighted by molar-refractivity contribution is 6.04. The van der Waals surface area contributed by atoms with Crippen LogP contribution in [0.3, 0.4) is 0 Å². The molecule has 164 valence electrons. The maximum Gasteiger partial charge on any atom is 0.433 e. The molecule has 1 saturated carbocycles. The topological polar surface area (TPSA) is 81.9 Å². The third kappa shape index (κ3) is 4.47. The Morgan fingerprint density at radius 3 is 2.61 bits per heavy atom. The molecule has 3 aromatic heterocycles. The number of hydrogen-bond donors (Lipinski definition) is 1. The Morgan fingerprint density at radius 2 is 1.94 bits per heavy atom. The molecule has 1 fully saturated rings. The lowest BCUT2D eigenvalue weighted by atomic mass is 9.87. The van der Waals surface area contributed by atoms with Crippen molar-refractivity contribution in [2.75, 3.05) is 12.4 Å². The van der Waals surface area contributed by atoms with Gasteiger partial charge in [-0.2, -0.15) is 23.3 Å². The van der Waals surface area contributed by atoms with Crippen LogP contribution in [0, 0.1) is 5.92 Å². The zero-order valence-electron chi connectivity index (χ0n) is 17.1. The molecule has 0 aromatic carbocycles. The second-order valence-corrected chi connectivity index (χ2v) is 7.84. The minimum absolute atomic E-state index is 0.121. The molecule has 10 heteroatoms. The normalized spacial score (nSPS) is 19.4. The summed E-state index contributed by atoms with van der Waals surface area (Å²) in [4.78, 5) is 20.3. The maximum absolute atomic E-state index is 12.9. The lowest BCUT2D eigenvalue weighted by Crippen LogP contribution is -2.17. The number of rotatable bonds is 4. The number of halogens is 3. The van der Waals surface area contributed by atoms with Crippen molar-refractivity contribution in [2.45, 2.75) is 44.8 Å². The van der Waals surface area contributed by atoms with Crippen molar-refractivity contribution in [1.82, 2.24) is 19.7 Å². The SMILES string of the molecule is COc1nc2nn(C3CCC(C)CC3)cc2cc1NC(=O)c1cccc(C(F)(F)F)n1. The monoisotopic (exact) mass is 433 g/mol. The molecule has 0 saturated heterocycles. The number of anilines is 1. The van der Waals surface area contributed by atoms with Gasteiger partial charge in [-0.1, -0.05) is 13.0 Å². The van der Waals surface area contributed by atoms with Crippen LogP contribution in [-0.4, -0.2) is 32.8 Å². The lowest BCUT2D eigenvalue weighted by molar-refractivity contribution is -0.141. The molecule has 4 rings (SSSR count). The maximum atomic E-state index is 12.9. The number of methoxy groups -OCH3 is 1. The van der Waals surface area contributed by atoms with Crippen molar-refractivity contribution in [3.63, 3.8) is 0 Å². The summed E-state index contributed by atoms with van der Waals surface area (Å²) in [6.07, 6.45) is 1.60. The molecule has 0 radical (unpaired) electrons. The molecule has 0 bridgehead atoms. The number of aromatic nitrogens is 4. The minimum atomic E-state index is -4.64. The first-order valence-corrected chi connectivity index (χ1v) is 10.0. The number of ether oxygens (including phenoxy) is 1. The fraction of sp³-hybridized carbons (Fsp3) is 0.429. The number of nitrogens with one attached hydrogen (secondary N) is 1. The standard InChI is InChI=1S/C21H22F3N5O2/c1-12-6-8-14(9-7-12)29-11-13-10-16(20(31-2)27-18(13)28-29)26-19(30)15-4-3-5-17(25-15)21(22,23)24/h3-5,10-12,14H,6-9H2,1-2H3,(H,26,30). The Morgan fingerprint density at radius 1 is 1.19 bits per heavy atom. The van der Waals surface area contributed by atoms with Gasteiger partial charge in [0.1, 0.15) is 17.1 Å². The van der Waals surface area contributed by atoms with Gasteiger partial charge in [0.15, 0.2) is 5.65 Å². The van der Waals surface area contributed by atoms with Crippen molar-refractivity contribution < 1.29 is 22.7 Å². The molecule has 3 heterocycles. The van der Waals surface area contributed by atoms with Crippen LogP contribution in [-0.2, 0) is 6.18 Å². The second kappa shape index (κ2) is 8.16.